The maximum absolute atomic E-state index is 11.7. The van der Waals surface area contributed by atoms with Gasteiger partial charge in [-0.3, -0.25) is 9.78 Å². The number of pyridine rings is 1. The Morgan fingerprint density at radius 1 is 0.926 bits per heavy atom. The molecular formula is C24H37NO2. The highest BCUT2D eigenvalue weighted by molar-refractivity contribution is 5.69. The number of carbonyl (C=O) groups excluding carboxylic acids is 1. The van der Waals surface area contributed by atoms with Crippen molar-refractivity contribution in [3.8, 4) is 0 Å². The predicted molar refractivity (Wildman–Crippen MR) is 113 cm³/mol. The van der Waals surface area contributed by atoms with Crippen LogP contribution in [-0.4, -0.2) is 11.0 Å². The number of ether oxygens (including phenoxy) is 1. The molecule has 3 heteroatoms. The lowest BCUT2D eigenvalue weighted by Gasteiger charge is -2.03. The van der Waals surface area contributed by atoms with E-state index in [4.69, 9.17) is 4.74 Å². The van der Waals surface area contributed by atoms with Crippen molar-refractivity contribution >= 4 is 5.97 Å². The van der Waals surface area contributed by atoms with E-state index in [-0.39, 0.29) is 5.97 Å². The largest absolute Gasteiger partial charge is 0.461 e. The fourth-order valence-corrected chi connectivity index (χ4v) is 2.77. The van der Waals surface area contributed by atoms with E-state index in [0.717, 1.165) is 24.8 Å². The summed E-state index contributed by atoms with van der Waals surface area (Å²) >= 11 is 0. The Bertz CT molecular complexity index is 522. The summed E-state index contributed by atoms with van der Waals surface area (Å²) in [6.07, 6.45) is 26.3. The molecule has 0 aliphatic carbocycles. The van der Waals surface area contributed by atoms with Crippen LogP contribution in [0.2, 0.25) is 0 Å². The van der Waals surface area contributed by atoms with E-state index >= 15 is 0 Å². The van der Waals surface area contributed by atoms with E-state index in [9.17, 15) is 4.79 Å². The first-order valence-electron chi connectivity index (χ1n) is 10.7. The molecule has 0 fully saturated rings. The molecule has 1 aromatic heterocycles. The van der Waals surface area contributed by atoms with Gasteiger partial charge < -0.3 is 4.74 Å². The Labute approximate surface area is 165 Å². The molecule has 0 aliphatic rings. The molecule has 3 nitrogen and oxygen atoms in total. The molecule has 0 amide bonds. The van der Waals surface area contributed by atoms with Crippen LogP contribution in [0, 0.1) is 0 Å². The summed E-state index contributed by atoms with van der Waals surface area (Å²) in [5.74, 6) is -0.130. The summed E-state index contributed by atoms with van der Waals surface area (Å²) < 4.78 is 5.24. The second-order valence-electron chi connectivity index (χ2n) is 6.99. The average molecular weight is 372 g/mol. The normalized spacial score (nSPS) is 11.4. The monoisotopic (exact) mass is 371 g/mol. The summed E-state index contributed by atoms with van der Waals surface area (Å²) in [6, 6.07) is 3.76. The number of hydrogen-bond acceptors (Lipinski definition) is 3. The van der Waals surface area contributed by atoms with E-state index in [1.165, 1.54) is 51.4 Å². The molecule has 0 aromatic carbocycles. The Hall–Kier alpha value is -1.90. The third-order valence-electron chi connectivity index (χ3n) is 4.42. The first kappa shape index (κ1) is 23.1. The lowest BCUT2D eigenvalue weighted by molar-refractivity contribution is -0.145. The maximum Gasteiger partial charge on any atom is 0.306 e. The minimum absolute atomic E-state index is 0.130. The molecule has 0 N–H and O–H groups in total. The molecule has 0 unspecified atom stereocenters. The number of nitrogens with zero attached hydrogens (tertiary/aromatic N) is 1. The minimum Gasteiger partial charge on any atom is -0.461 e. The van der Waals surface area contributed by atoms with E-state index < -0.39 is 0 Å². The zero-order chi connectivity index (χ0) is 19.4. The fraction of sp³-hybridized carbons (Fsp3) is 0.583. The van der Waals surface area contributed by atoms with Crippen molar-refractivity contribution in [3.63, 3.8) is 0 Å². The first-order chi connectivity index (χ1) is 13.3. The van der Waals surface area contributed by atoms with E-state index in [1.54, 1.807) is 12.4 Å². The van der Waals surface area contributed by atoms with Gasteiger partial charge in [-0.1, -0.05) is 56.6 Å². The van der Waals surface area contributed by atoms with Crippen molar-refractivity contribution in [2.24, 2.45) is 0 Å². The molecule has 0 aliphatic heterocycles. The van der Waals surface area contributed by atoms with E-state index in [0.29, 0.717) is 13.0 Å². The summed E-state index contributed by atoms with van der Waals surface area (Å²) in [6.45, 7) is 2.56. The van der Waals surface area contributed by atoms with Crippen molar-refractivity contribution in [2.75, 3.05) is 0 Å². The third-order valence-corrected chi connectivity index (χ3v) is 4.42. The Morgan fingerprint density at radius 3 is 2.15 bits per heavy atom. The second-order valence-corrected chi connectivity index (χ2v) is 6.99. The predicted octanol–water partition coefficient (Wildman–Crippen LogP) is 6.94. The van der Waals surface area contributed by atoms with Crippen molar-refractivity contribution in [3.05, 3.63) is 54.4 Å². The quantitative estimate of drug-likeness (QED) is 0.179. The molecule has 0 saturated carbocycles. The van der Waals surface area contributed by atoms with Crippen LogP contribution >= 0.6 is 0 Å². The van der Waals surface area contributed by atoms with Crippen LogP contribution in [0.1, 0.15) is 89.5 Å². The van der Waals surface area contributed by atoms with Gasteiger partial charge in [0.2, 0.25) is 0 Å². The van der Waals surface area contributed by atoms with Gasteiger partial charge in [-0.2, -0.15) is 0 Å². The average Bonchev–Trinajstić information content (AvgIpc) is 2.70. The van der Waals surface area contributed by atoms with Crippen LogP contribution in [0.3, 0.4) is 0 Å². The molecule has 0 radical (unpaired) electrons. The molecule has 1 aromatic rings. The van der Waals surface area contributed by atoms with Crippen molar-refractivity contribution < 1.29 is 9.53 Å². The van der Waals surface area contributed by atoms with Gasteiger partial charge in [-0.15, -0.1) is 0 Å². The van der Waals surface area contributed by atoms with Gasteiger partial charge >= 0.3 is 5.97 Å². The standard InChI is InChI=1S/C24H37NO2/c1-2-3-4-5-6-7-8-9-10-11-12-13-14-15-16-19-24(26)27-22-23-18-17-20-25-21-23/h6-7,13-14,17-18,20-21H,2-5,8-12,15-16,19,22H2,1H3/b7-6-,14-13-. The molecule has 27 heavy (non-hydrogen) atoms. The van der Waals surface area contributed by atoms with Gasteiger partial charge in [0.25, 0.3) is 0 Å². The number of esters is 1. The number of rotatable bonds is 16. The second kappa shape index (κ2) is 17.5. The van der Waals surface area contributed by atoms with Crippen molar-refractivity contribution in [2.45, 2.75) is 90.6 Å². The van der Waals surface area contributed by atoms with E-state index in [1.807, 2.05) is 12.1 Å². The lowest BCUT2D eigenvalue weighted by atomic mass is 10.1. The zero-order valence-electron chi connectivity index (χ0n) is 17.1. The topological polar surface area (TPSA) is 39.2 Å². The van der Waals surface area contributed by atoms with Crippen molar-refractivity contribution in [1.82, 2.24) is 4.98 Å². The van der Waals surface area contributed by atoms with Crippen LogP contribution in [0.5, 0.6) is 0 Å². The summed E-state index contributed by atoms with van der Waals surface area (Å²) in [7, 11) is 0. The molecule has 0 spiro atoms. The Kier molecular flexibility index (Phi) is 15.0. The van der Waals surface area contributed by atoms with Crippen molar-refractivity contribution in [1.29, 1.82) is 0 Å². The zero-order valence-corrected chi connectivity index (χ0v) is 17.1. The summed E-state index contributed by atoms with van der Waals surface area (Å²) in [4.78, 5) is 15.7. The Morgan fingerprint density at radius 2 is 1.56 bits per heavy atom. The molecule has 1 heterocycles. The van der Waals surface area contributed by atoms with Crippen LogP contribution in [0.4, 0.5) is 0 Å². The molecule has 0 saturated heterocycles. The third kappa shape index (κ3) is 14.9. The number of unbranched alkanes of at least 4 members (excludes halogenated alkanes) is 8. The lowest BCUT2D eigenvalue weighted by Crippen LogP contribution is -2.04. The molecule has 0 atom stereocenters. The van der Waals surface area contributed by atoms with Gasteiger partial charge in [-0.25, -0.2) is 0 Å². The number of allylic oxidation sites excluding steroid dienone is 4. The smallest absolute Gasteiger partial charge is 0.306 e. The molecular weight excluding hydrogens is 334 g/mol. The minimum atomic E-state index is -0.130. The highest BCUT2D eigenvalue weighted by atomic mass is 16.5. The van der Waals surface area contributed by atoms with Crippen LogP contribution in [0.25, 0.3) is 0 Å². The highest BCUT2D eigenvalue weighted by Crippen LogP contribution is 2.07. The fourth-order valence-electron chi connectivity index (χ4n) is 2.77. The van der Waals surface area contributed by atoms with Gasteiger partial charge in [-0.05, 0) is 57.4 Å². The van der Waals surface area contributed by atoms with Crippen LogP contribution in [0.15, 0.2) is 48.8 Å². The molecule has 150 valence electrons. The number of aromatic nitrogens is 1. The molecule has 0 bridgehead atoms. The van der Waals surface area contributed by atoms with Gasteiger partial charge in [0.1, 0.15) is 6.61 Å². The summed E-state index contributed by atoms with van der Waals surface area (Å²) in [5.41, 5.74) is 0.928. The van der Waals surface area contributed by atoms with E-state index in [2.05, 4.69) is 36.2 Å². The SMILES string of the molecule is CCCCC/C=C\CCCCC/C=C\CCCC(=O)OCc1cccnc1. The van der Waals surface area contributed by atoms with Crippen LogP contribution < -0.4 is 0 Å². The highest BCUT2D eigenvalue weighted by Gasteiger charge is 2.02. The van der Waals surface area contributed by atoms with Gasteiger partial charge in [0.05, 0.1) is 0 Å². The first-order valence-corrected chi connectivity index (χ1v) is 10.7. The maximum atomic E-state index is 11.7. The number of hydrogen-bond donors (Lipinski definition) is 0. The number of carbonyl (C=O) groups is 1. The Balaban J connectivity index is 1.86. The summed E-state index contributed by atoms with van der Waals surface area (Å²) in [5, 5.41) is 0. The molecule has 1 rings (SSSR count). The van der Waals surface area contributed by atoms with Crippen LogP contribution in [-0.2, 0) is 16.1 Å². The van der Waals surface area contributed by atoms with Gasteiger partial charge in [0.15, 0.2) is 0 Å². The van der Waals surface area contributed by atoms with Gasteiger partial charge in [0, 0.05) is 24.4 Å².